The van der Waals surface area contributed by atoms with Crippen molar-refractivity contribution < 1.29 is 14.3 Å². The van der Waals surface area contributed by atoms with E-state index in [0.29, 0.717) is 17.9 Å². The molecule has 2 aromatic rings. The lowest BCUT2D eigenvalue weighted by atomic mass is 10.00. The normalized spacial score (nSPS) is 10.0. The van der Waals surface area contributed by atoms with E-state index >= 15 is 0 Å². The SMILES string of the molecule is CCOc1cccc(-c2ccc(OC)cc2C=O)c1. The van der Waals surface area contributed by atoms with Crippen LogP contribution in [-0.4, -0.2) is 20.0 Å². The highest BCUT2D eigenvalue weighted by molar-refractivity contribution is 5.88. The van der Waals surface area contributed by atoms with Crippen molar-refractivity contribution in [3.8, 4) is 22.6 Å². The monoisotopic (exact) mass is 256 g/mol. The standard InChI is InChI=1S/C16H16O3/c1-3-19-15-6-4-5-12(9-15)16-8-7-14(18-2)10-13(16)11-17/h4-11H,3H2,1-2H3. The maximum Gasteiger partial charge on any atom is 0.150 e. The molecule has 0 aliphatic rings. The Hall–Kier alpha value is -2.29. The van der Waals surface area contributed by atoms with Gasteiger partial charge in [-0.2, -0.15) is 0 Å². The maximum atomic E-state index is 11.2. The molecule has 0 spiro atoms. The first kappa shape index (κ1) is 13.1. The number of ether oxygens (including phenoxy) is 2. The summed E-state index contributed by atoms with van der Waals surface area (Å²) in [5.41, 5.74) is 2.43. The number of benzene rings is 2. The summed E-state index contributed by atoms with van der Waals surface area (Å²) >= 11 is 0. The quantitative estimate of drug-likeness (QED) is 0.767. The number of hydrogen-bond acceptors (Lipinski definition) is 3. The lowest BCUT2D eigenvalue weighted by Crippen LogP contribution is -1.93. The van der Waals surface area contributed by atoms with Gasteiger partial charge in [-0.1, -0.05) is 12.1 Å². The molecular weight excluding hydrogens is 240 g/mol. The summed E-state index contributed by atoms with van der Waals surface area (Å²) in [5, 5.41) is 0. The van der Waals surface area contributed by atoms with Crippen LogP contribution in [0, 0.1) is 0 Å². The van der Waals surface area contributed by atoms with Gasteiger partial charge in [0.2, 0.25) is 0 Å². The summed E-state index contributed by atoms with van der Waals surface area (Å²) in [6, 6.07) is 13.2. The first-order valence-corrected chi connectivity index (χ1v) is 6.15. The van der Waals surface area contributed by atoms with Crippen molar-refractivity contribution in [2.45, 2.75) is 6.92 Å². The number of carbonyl (C=O) groups is 1. The molecule has 0 unspecified atom stereocenters. The minimum absolute atomic E-state index is 0.605. The van der Waals surface area contributed by atoms with Gasteiger partial charge in [0.1, 0.15) is 11.5 Å². The lowest BCUT2D eigenvalue weighted by Gasteiger charge is -2.09. The van der Waals surface area contributed by atoms with E-state index in [0.717, 1.165) is 23.2 Å². The predicted octanol–water partition coefficient (Wildman–Crippen LogP) is 3.57. The van der Waals surface area contributed by atoms with E-state index in [9.17, 15) is 4.79 Å². The van der Waals surface area contributed by atoms with Gasteiger partial charge in [0.15, 0.2) is 6.29 Å². The molecule has 0 N–H and O–H groups in total. The van der Waals surface area contributed by atoms with Crippen molar-refractivity contribution in [3.05, 3.63) is 48.0 Å². The molecule has 19 heavy (non-hydrogen) atoms. The largest absolute Gasteiger partial charge is 0.497 e. The van der Waals surface area contributed by atoms with Crippen LogP contribution in [0.5, 0.6) is 11.5 Å². The lowest BCUT2D eigenvalue weighted by molar-refractivity contribution is 0.112. The molecular formula is C16H16O3. The van der Waals surface area contributed by atoms with Crippen LogP contribution < -0.4 is 9.47 Å². The van der Waals surface area contributed by atoms with Crippen LogP contribution in [0.25, 0.3) is 11.1 Å². The molecule has 0 aliphatic carbocycles. The van der Waals surface area contributed by atoms with Crippen LogP contribution in [0.2, 0.25) is 0 Å². The fourth-order valence-electron chi connectivity index (χ4n) is 1.95. The highest BCUT2D eigenvalue weighted by atomic mass is 16.5. The van der Waals surface area contributed by atoms with E-state index in [4.69, 9.17) is 9.47 Å². The highest BCUT2D eigenvalue weighted by Crippen LogP contribution is 2.28. The molecule has 0 fully saturated rings. The second-order valence-electron chi connectivity index (χ2n) is 4.03. The van der Waals surface area contributed by atoms with Crippen molar-refractivity contribution >= 4 is 6.29 Å². The van der Waals surface area contributed by atoms with Crippen LogP contribution in [0.1, 0.15) is 17.3 Å². The molecule has 0 saturated heterocycles. The molecule has 98 valence electrons. The first-order valence-electron chi connectivity index (χ1n) is 6.15. The Kier molecular flexibility index (Phi) is 4.18. The Bertz CT molecular complexity index is 576. The predicted molar refractivity (Wildman–Crippen MR) is 75.0 cm³/mol. The number of rotatable bonds is 5. The number of methoxy groups -OCH3 is 1. The first-order chi connectivity index (χ1) is 9.28. The zero-order chi connectivity index (χ0) is 13.7. The molecule has 0 heterocycles. The van der Waals surface area contributed by atoms with Crippen molar-refractivity contribution in [1.29, 1.82) is 0 Å². The zero-order valence-electron chi connectivity index (χ0n) is 11.1. The third-order valence-corrected chi connectivity index (χ3v) is 2.84. The molecule has 0 bridgehead atoms. The van der Waals surface area contributed by atoms with Gasteiger partial charge < -0.3 is 9.47 Å². The van der Waals surface area contributed by atoms with E-state index in [1.165, 1.54) is 0 Å². The fraction of sp³-hybridized carbons (Fsp3) is 0.188. The summed E-state index contributed by atoms with van der Waals surface area (Å²) in [4.78, 5) is 11.2. The maximum absolute atomic E-state index is 11.2. The van der Waals surface area contributed by atoms with Crippen LogP contribution in [0.3, 0.4) is 0 Å². The Morgan fingerprint density at radius 2 is 1.95 bits per heavy atom. The van der Waals surface area contributed by atoms with Crippen LogP contribution in [-0.2, 0) is 0 Å². The molecule has 0 atom stereocenters. The molecule has 0 amide bonds. The van der Waals surface area contributed by atoms with Crippen LogP contribution in [0.15, 0.2) is 42.5 Å². The van der Waals surface area contributed by atoms with E-state index in [2.05, 4.69) is 0 Å². The van der Waals surface area contributed by atoms with Crippen molar-refractivity contribution in [2.75, 3.05) is 13.7 Å². The van der Waals surface area contributed by atoms with Gasteiger partial charge in [-0.15, -0.1) is 0 Å². The van der Waals surface area contributed by atoms with Crippen molar-refractivity contribution in [2.24, 2.45) is 0 Å². The van der Waals surface area contributed by atoms with Gasteiger partial charge >= 0.3 is 0 Å². The average Bonchev–Trinajstić information content (AvgIpc) is 2.47. The molecule has 0 radical (unpaired) electrons. The summed E-state index contributed by atoms with van der Waals surface area (Å²) in [6.45, 7) is 2.56. The molecule has 3 heteroatoms. The van der Waals surface area contributed by atoms with Gasteiger partial charge in [0.25, 0.3) is 0 Å². The van der Waals surface area contributed by atoms with Crippen LogP contribution in [0.4, 0.5) is 0 Å². The topological polar surface area (TPSA) is 35.5 Å². The van der Waals surface area contributed by atoms with Crippen molar-refractivity contribution in [1.82, 2.24) is 0 Å². The third kappa shape index (κ3) is 2.94. The smallest absolute Gasteiger partial charge is 0.150 e. The number of carbonyl (C=O) groups excluding carboxylic acids is 1. The van der Waals surface area contributed by atoms with E-state index in [-0.39, 0.29) is 0 Å². The summed E-state index contributed by atoms with van der Waals surface area (Å²) in [5.74, 6) is 1.47. The third-order valence-electron chi connectivity index (χ3n) is 2.84. The molecule has 0 aromatic heterocycles. The molecule has 2 rings (SSSR count). The van der Waals surface area contributed by atoms with Gasteiger partial charge in [-0.05, 0) is 48.4 Å². The summed E-state index contributed by atoms with van der Waals surface area (Å²) in [6.07, 6.45) is 0.838. The molecule has 0 aliphatic heterocycles. The minimum Gasteiger partial charge on any atom is -0.497 e. The molecule has 3 nitrogen and oxygen atoms in total. The van der Waals surface area contributed by atoms with Crippen molar-refractivity contribution in [3.63, 3.8) is 0 Å². The van der Waals surface area contributed by atoms with Gasteiger partial charge in [0.05, 0.1) is 13.7 Å². The Balaban J connectivity index is 2.45. The van der Waals surface area contributed by atoms with E-state index < -0.39 is 0 Å². The van der Waals surface area contributed by atoms with E-state index in [1.807, 2.05) is 43.3 Å². The van der Waals surface area contributed by atoms with Gasteiger partial charge in [-0.25, -0.2) is 0 Å². The molecule has 2 aromatic carbocycles. The van der Waals surface area contributed by atoms with Crippen LogP contribution >= 0.6 is 0 Å². The minimum atomic E-state index is 0.605. The second kappa shape index (κ2) is 6.05. The Morgan fingerprint density at radius 3 is 2.63 bits per heavy atom. The Morgan fingerprint density at radius 1 is 1.11 bits per heavy atom. The summed E-state index contributed by atoms with van der Waals surface area (Å²) in [7, 11) is 1.58. The number of hydrogen-bond donors (Lipinski definition) is 0. The molecule has 0 saturated carbocycles. The second-order valence-corrected chi connectivity index (χ2v) is 4.03. The van der Waals surface area contributed by atoms with Gasteiger partial charge in [-0.3, -0.25) is 4.79 Å². The van der Waals surface area contributed by atoms with E-state index in [1.54, 1.807) is 13.2 Å². The number of aldehydes is 1. The zero-order valence-corrected chi connectivity index (χ0v) is 11.1. The Labute approximate surface area is 112 Å². The summed E-state index contributed by atoms with van der Waals surface area (Å²) < 4.78 is 10.6. The highest BCUT2D eigenvalue weighted by Gasteiger charge is 2.07. The fourth-order valence-corrected chi connectivity index (χ4v) is 1.95. The average molecular weight is 256 g/mol. The van der Waals surface area contributed by atoms with Gasteiger partial charge in [0, 0.05) is 5.56 Å².